The van der Waals surface area contributed by atoms with Crippen molar-refractivity contribution in [2.24, 2.45) is 0 Å². The van der Waals surface area contributed by atoms with E-state index in [2.05, 4.69) is 22.0 Å². The molecule has 1 aromatic carbocycles. The second-order valence-corrected chi connectivity index (χ2v) is 8.08. The molecule has 2 aliphatic heterocycles. The van der Waals surface area contributed by atoms with Crippen LogP contribution in [0.3, 0.4) is 0 Å². The minimum Gasteiger partial charge on any atom is -0.491 e. The monoisotopic (exact) mass is 413 g/mol. The average molecular weight is 413 g/mol. The van der Waals surface area contributed by atoms with Crippen LogP contribution in [0.15, 0.2) is 42.6 Å². The summed E-state index contributed by atoms with van der Waals surface area (Å²) in [5.74, 6) is 0.352. The summed E-state index contributed by atoms with van der Waals surface area (Å²) >= 11 is 0. The Labute approximate surface area is 176 Å². The van der Waals surface area contributed by atoms with Crippen molar-refractivity contribution in [3.05, 3.63) is 59.7 Å². The molecule has 0 bridgehead atoms. The van der Waals surface area contributed by atoms with Gasteiger partial charge in [0.15, 0.2) is 0 Å². The van der Waals surface area contributed by atoms with Crippen molar-refractivity contribution in [1.29, 1.82) is 0 Å². The topological polar surface area (TPSA) is 54.9 Å². The van der Waals surface area contributed by atoms with E-state index in [0.717, 1.165) is 38.2 Å². The van der Waals surface area contributed by atoms with Crippen LogP contribution in [-0.2, 0) is 16.1 Å². The van der Waals surface area contributed by atoms with Crippen LogP contribution >= 0.6 is 0 Å². The number of halogens is 1. The first-order valence-corrected chi connectivity index (χ1v) is 10.5. The van der Waals surface area contributed by atoms with Gasteiger partial charge >= 0.3 is 0 Å². The normalized spacial score (nSPS) is 21.1. The quantitative estimate of drug-likeness (QED) is 0.729. The lowest BCUT2D eigenvalue weighted by atomic mass is 10.0. The van der Waals surface area contributed by atoms with Crippen LogP contribution in [0.5, 0.6) is 5.75 Å². The molecule has 7 heteroatoms. The molecular formula is C23H28FN3O3. The van der Waals surface area contributed by atoms with E-state index in [9.17, 15) is 9.18 Å². The minimum atomic E-state index is -0.294. The first kappa shape index (κ1) is 20.8. The van der Waals surface area contributed by atoms with Gasteiger partial charge in [-0.15, -0.1) is 0 Å². The number of piperidine rings is 1. The van der Waals surface area contributed by atoms with E-state index in [-0.39, 0.29) is 30.5 Å². The lowest BCUT2D eigenvalue weighted by Gasteiger charge is -2.42. The zero-order valence-electron chi connectivity index (χ0n) is 17.3. The van der Waals surface area contributed by atoms with Crippen molar-refractivity contribution >= 4 is 5.91 Å². The minimum absolute atomic E-state index is 0.0479. The number of nitrogens with zero attached hydrogens (tertiary/aromatic N) is 3. The summed E-state index contributed by atoms with van der Waals surface area (Å²) in [6.45, 7) is 5.74. The Hall–Kier alpha value is -2.51. The van der Waals surface area contributed by atoms with Gasteiger partial charge in [-0.1, -0.05) is 6.07 Å². The van der Waals surface area contributed by atoms with Gasteiger partial charge in [0.1, 0.15) is 30.9 Å². The first-order valence-electron chi connectivity index (χ1n) is 10.5. The molecule has 1 amide bonds. The SMILES string of the molecule is Cc1ccc(CN2CCC(N3CC(COc4ccc(F)cc4)OCC3=O)CC2)nc1. The number of likely N-dealkylation sites (tertiary alicyclic amines) is 1. The van der Waals surface area contributed by atoms with Gasteiger partial charge in [0.05, 0.1) is 12.2 Å². The highest BCUT2D eigenvalue weighted by atomic mass is 19.1. The number of pyridine rings is 1. The molecule has 2 aromatic rings. The first-order chi connectivity index (χ1) is 14.6. The smallest absolute Gasteiger partial charge is 0.248 e. The molecule has 0 aliphatic carbocycles. The molecule has 1 atom stereocenters. The third-order valence-corrected chi connectivity index (χ3v) is 5.77. The summed E-state index contributed by atoms with van der Waals surface area (Å²) in [5.41, 5.74) is 2.25. The maximum absolute atomic E-state index is 13.0. The van der Waals surface area contributed by atoms with E-state index in [4.69, 9.17) is 9.47 Å². The summed E-state index contributed by atoms with van der Waals surface area (Å²) in [7, 11) is 0. The summed E-state index contributed by atoms with van der Waals surface area (Å²) < 4.78 is 24.4. The average Bonchev–Trinajstić information content (AvgIpc) is 2.76. The number of carbonyl (C=O) groups excluding carboxylic acids is 1. The molecule has 30 heavy (non-hydrogen) atoms. The number of carbonyl (C=O) groups is 1. The summed E-state index contributed by atoms with van der Waals surface area (Å²) in [4.78, 5) is 21.3. The van der Waals surface area contributed by atoms with Gasteiger partial charge in [0.2, 0.25) is 5.91 Å². The van der Waals surface area contributed by atoms with Crippen LogP contribution in [0.4, 0.5) is 4.39 Å². The standard InChI is InChI=1S/C23H28FN3O3/c1-17-2-5-19(25-12-17)13-26-10-8-20(9-11-26)27-14-22(30-16-23(27)28)15-29-21-6-3-18(24)4-7-21/h2-7,12,20,22H,8-11,13-16H2,1H3. The third kappa shape index (κ3) is 5.34. The van der Waals surface area contributed by atoms with E-state index in [0.29, 0.717) is 18.9 Å². The largest absolute Gasteiger partial charge is 0.491 e. The van der Waals surface area contributed by atoms with Gasteiger partial charge in [-0.3, -0.25) is 14.7 Å². The second kappa shape index (κ2) is 9.53. The number of aromatic nitrogens is 1. The third-order valence-electron chi connectivity index (χ3n) is 5.77. The fraction of sp³-hybridized carbons (Fsp3) is 0.478. The number of aryl methyl sites for hydroxylation is 1. The van der Waals surface area contributed by atoms with Crippen LogP contribution < -0.4 is 4.74 Å². The molecule has 2 saturated heterocycles. The second-order valence-electron chi connectivity index (χ2n) is 8.08. The van der Waals surface area contributed by atoms with E-state index >= 15 is 0 Å². The molecule has 2 fully saturated rings. The van der Waals surface area contributed by atoms with Crippen LogP contribution in [-0.4, -0.2) is 65.7 Å². The molecule has 1 unspecified atom stereocenters. The number of ether oxygens (including phenoxy) is 2. The molecule has 2 aliphatic rings. The zero-order chi connectivity index (χ0) is 20.9. The molecule has 4 rings (SSSR count). The molecule has 0 N–H and O–H groups in total. The van der Waals surface area contributed by atoms with Gasteiger partial charge in [0.25, 0.3) is 0 Å². The van der Waals surface area contributed by atoms with Crippen LogP contribution in [0.1, 0.15) is 24.1 Å². The Morgan fingerprint density at radius 2 is 1.93 bits per heavy atom. The fourth-order valence-corrected chi connectivity index (χ4v) is 4.03. The summed E-state index contributed by atoms with van der Waals surface area (Å²) in [5, 5.41) is 0. The lowest BCUT2D eigenvalue weighted by Crippen LogP contribution is -2.55. The molecule has 1 aromatic heterocycles. The van der Waals surface area contributed by atoms with Crippen LogP contribution in [0.2, 0.25) is 0 Å². The van der Waals surface area contributed by atoms with Crippen molar-refractivity contribution in [2.45, 2.75) is 38.5 Å². The van der Waals surface area contributed by atoms with Gasteiger partial charge in [-0.05, 0) is 55.7 Å². The molecule has 0 spiro atoms. The molecule has 3 heterocycles. The Morgan fingerprint density at radius 1 is 1.17 bits per heavy atom. The van der Waals surface area contributed by atoms with Gasteiger partial charge in [0, 0.05) is 31.9 Å². The zero-order valence-corrected chi connectivity index (χ0v) is 17.3. The molecular weight excluding hydrogens is 385 g/mol. The van der Waals surface area contributed by atoms with Crippen LogP contribution in [0.25, 0.3) is 0 Å². The number of amides is 1. The van der Waals surface area contributed by atoms with Gasteiger partial charge in [-0.25, -0.2) is 4.39 Å². The van der Waals surface area contributed by atoms with E-state index in [1.165, 1.54) is 17.7 Å². The highest BCUT2D eigenvalue weighted by Crippen LogP contribution is 2.22. The summed E-state index contributed by atoms with van der Waals surface area (Å²) in [6, 6.07) is 10.3. The highest BCUT2D eigenvalue weighted by molar-refractivity contribution is 5.78. The van der Waals surface area contributed by atoms with Crippen molar-refractivity contribution in [3.63, 3.8) is 0 Å². The molecule has 6 nitrogen and oxygen atoms in total. The highest BCUT2D eigenvalue weighted by Gasteiger charge is 2.33. The summed E-state index contributed by atoms with van der Waals surface area (Å²) in [6.07, 6.45) is 3.62. The van der Waals surface area contributed by atoms with Gasteiger partial charge in [-0.2, -0.15) is 0 Å². The lowest BCUT2D eigenvalue weighted by molar-refractivity contribution is -0.155. The molecule has 0 radical (unpaired) electrons. The Bertz CT molecular complexity index is 836. The maximum atomic E-state index is 13.0. The number of benzene rings is 1. The van der Waals surface area contributed by atoms with Crippen LogP contribution in [0, 0.1) is 12.7 Å². The predicted molar refractivity (Wildman–Crippen MR) is 111 cm³/mol. The van der Waals surface area contributed by atoms with Crippen molar-refractivity contribution in [2.75, 3.05) is 32.8 Å². The Morgan fingerprint density at radius 3 is 2.63 bits per heavy atom. The fourth-order valence-electron chi connectivity index (χ4n) is 4.03. The van der Waals surface area contributed by atoms with Gasteiger partial charge < -0.3 is 14.4 Å². The number of morpholine rings is 1. The van der Waals surface area contributed by atoms with E-state index in [1.54, 1.807) is 12.1 Å². The molecule has 160 valence electrons. The predicted octanol–water partition coefficient (Wildman–Crippen LogP) is 2.80. The Balaban J connectivity index is 1.26. The Kier molecular flexibility index (Phi) is 6.59. The van der Waals surface area contributed by atoms with E-state index in [1.807, 2.05) is 18.0 Å². The maximum Gasteiger partial charge on any atom is 0.248 e. The molecule has 0 saturated carbocycles. The van der Waals surface area contributed by atoms with E-state index < -0.39 is 0 Å². The van der Waals surface area contributed by atoms with Crippen molar-refractivity contribution in [1.82, 2.24) is 14.8 Å². The van der Waals surface area contributed by atoms with Crippen molar-refractivity contribution < 1.29 is 18.7 Å². The number of hydrogen-bond acceptors (Lipinski definition) is 5. The number of rotatable bonds is 6. The van der Waals surface area contributed by atoms with Crippen molar-refractivity contribution in [3.8, 4) is 5.75 Å². The number of hydrogen-bond donors (Lipinski definition) is 0.